The average Bonchev–Trinajstić information content (AvgIpc) is 2.89. The van der Waals surface area contributed by atoms with E-state index in [-0.39, 0.29) is 17.2 Å². The van der Waals surface area contributed by atoms with Crippen LogP contribution in [-0.4, -0.2) is 23.3 Å². The van der Waals surface area contributed by atoms with Crippen molar-refractivity contribution in [3.8, 4) is 34.9 Å². The zero-order valence-electron chi connectivity index (χ0n) is 18.5. The summed E-state index contributed by atoms with van der Waals surface area (Å²) in [6, 6.07) is 22.1. The molecular weight excluding hydrogens is 445 g/mol. The van der Waals surface area contributed by atoms with Gasteiger partial charge in [-0.3, -0.25) is 9.78 Å². The number of nitrogens with one attached hydrogen (secondary N) is 2. The van der Waals surface area contributed by atoms with E-state index < -0.39 is 11.4 Å². The summed E-state index contributed by atoms with van der Waals surface area (Å²) < 4.78 is 19.0. The number of benzene rings is 3. The SMILES string of the molecule is COc1ccc(C#Cc2cc(F)ccc2C=NNc2nc(-c3ccccc3)c(C#N)c(=O)[nH]2)cc1. The highest BCUT2D eigenvalue weighted by molar-refractivity contribution is 5.84. The Balaban J connectivity index is 1.60. The Hall–Kier alpha value is -5.21. The molecule has 35 heavy (non-hydrogen) atoms. The van der Waals surface area contributed by atoms with Gasteiger partial charge < -0.3 is 4.74 Å². The fourth-order valence-electron chi connectivity index (χ4n) is 3.16. The number of rotatable bonds is 5. The predicted octanol–water partition coefficient (Wildman–Crippen LogP) is 4.30. The summed E-state index contributed by atoms with van der Waals surface area (Å²) in [7, 11) is 1.58. The Labute approximate surface area is 200 Å². The molecule has 1 heterocycles. The van der Waals surface area contributed by atoms with Gasteiger partial charge in [0.2, 0.25) is 5.95 Å². The predicted molar refractivity (Wildman–Crippen MR) is 132 cm³/mol. The van der Waals surface area contributed by atoms with E-state index in [9.17, 15) is 14.4 Å². The van der Waals surface area contributed by atoms with Gasteiger partial charge in [-0.1, -0.05) is 42.2 Å². The minimum absolute atomic E-state index is 0.0529. The Morgan fingerprint density at radius 3 is 2.57 bits per heavy atom. The Bertz CT molecular complexity index is 1540. The summed E-state index contributed by atoms with van der Waals surface area (Å²) in [5.74, 6) is 6.28. The molecule has 1 aromatic heterocycles. The van der Waals surface area contributed by atoms with E-state index in [0.29, 0.717) is 22.4 Å². The summed E-state index contributed by atoms with van der Waals surface area (Å²) in [6.45, 7) is 0. The first-order chi connectivity index (χ1) is 17.1. The fraction of sp³-hybridized carbons (Fsp3) is 0.0370. The molecule has 0 saturated carbocycles. The fourth-order valence-corrected chi connectivity index (χ4v) is 3.16. The summed E-state index contributed by atoms with van der Waals surface area (Å²) in [4.78, 5) is 19.2. The topological polar surface area (TPSA) is 103 Å². The normalized spacial score (nSPS) is 10.3. The van der Waals surface area contributed by atoms with Crippen LogP contribution in [0.15, 0.2) is 82.7 Å². The number of nitriles is 1. The van der Waals surface area contributed by atoms with Crippen LogP contribution in [0.1, 0.15) is 22.3 Å². The number of nitrogens with zero attached hydrogens (tertiary/aromatic N) is 3. The molecule has 4 aromatic rings. The van der Waals surface area contributed by atoms with Crippen molar-refractivity contribution in [2.75, 3.05) is 12.5 Å². The molecule has 3 aromatic carbocycles. The highest BCUT2D eigenvalue weighted by atomic mass is 19.1. The van der Waals surface area contributed by atoms with Gasteiger partial charge in [0.15, 0.2) is 0 Å². The van der Waals surface area contributed by atoms with Crippen LogP contribution >= 0.6 is 0 Å². The van der Waals surface area contributed by atoms with Crippen molar-refractivity contribution in [1.29, 1.82) is 5.26 Å². The van der Waals surface area contributed by atoms with E-state index in [1.54, 1.807) is 61.7 Å². The van der Waals surface area contributed by atoms with Crippen LogP contribution in [0.3, 0.4) is 0 Å². The molecule has 7 nitrogen and oxygen atoms in total. The molecule has 0 spiro atoms. The first-order valence-electron chi connectivity index (χ1n) is 10.4. The van der Waals surface area contributed by atoms with Crippen LogP contribution < -0.4 is 15.7 Å². The van der Waals surface area contributed by atoms with Crippen LogP contribution in [-0.2, 0) is 0 Å². The molecule has 0 unspecified atom stereocenters. The van der Waals surface area contributed by atoms with Crippen molar-refractivity contribution in [3.63, 3.8) is 0 Å². The summed E-state index contributed by atoms with van der Waals surface area (Å²) in [5.41, 5.74) is 4.56. The van der Waals surface area contributed by atoms with Crippen molar-refractivity contribution in [2.45, 2.75) is 0 Å². The summed E-state index contributed by atoms with van der Waals surface area (Å²) in [5, 5.41) is 13.5. The Kier molecular flexibility index (Phi) is 6.96. The molecule has 0 aliphatic rings. The third-order valence-corrected chi connectivity index (χ3v) is 4.90. The first-order valence-corrected chi connectivity index (χ1v) is 10.4. The molecule has 4 rings (SSSR count). The van der Waals surface area contributed by atoms with Gasteiger partial charge in [0, 0.05) is 22.3 Å². The standard InChI is InChI=1S/C27H18FN5O2/c1-35-23-13-8-18(9-14-23)7-10-20-15-22(28)12-11-21(20)17-30-33-27-31-25(19-5-3-2-4-6-19)24(16-29)26(34)32-27/h2-6,8-9,11-15,17H,1H3,(H2,31,32,33,34). The molecule has 0 fully saturated rings. The quantitative estimate of drug-likeness (QED) is 0.261. The van der Waals surface area contributed by atoms with Crippen molar-refractivity contribution >= 4 is 12.2 Å². The number of aromatic nitrogens is 2. The molecule has 2 N–H and O–H groups in total. The van der Waals surface area contributed by atoms with Crippen LogP contribution in [0.5, 0.6) is 5.75 Å². The van der Waals surface area contributed by atoms with E-state index in [0.717, 1.165) is 5.56 Å². The molecule has 0 saturated heterocycles. The van der Waals surface area contributed by atoms with Crippen LogP contribution in [0.2, 0.25) is 0 Å². The molecule has 0 bridgehead atoms. The number of anilines is 1. The molecule has 0 aliphatic carbocycles. The molecule has 0 atom stereocenters. The highest BCUT2D eigenvalue weighted by Gasteiger charge is 2.12. The number of aromatic amines is 1. The lowest BCUT2D eigenvalue weighted by molar-refractivity contribution is 0.415. The maximum atomic E-state index is 13.9. The Morgan fingerprint density at radius 2 is 1.86 bits per heavy atom. The van der Waals surface area contributed by atoms with Gasteiger partial charge in [0.05, 0.1) is 19.0 Å². The molecule has 0 aliphatic heterocycles. The van der Waals surface area contributed by atoms with Gasteiger partial charge in [0.1, 0.15) is 23.2 Å². The monoisotopic (exact) mass is 463 g/mol. The minimum Gasteiger partial charge on any atom is -0.497 e. The molecule has 0 radical (unpaired) electrons. The summed E-state index contributed by atoms with van der Waals surface area (Å²) in [6.07, 6.45) is 1.44. The second kappa shape index (κ2) is 10.6. The number of hydrogen-bond donors (Lipinski definition) is 2. The highest BCUT2D eigenvalue weighted by Crippen LogP contribution is 2.19. The number of ether oxygens (including phenoxy) is 1. The van der Waals surface area contributed by atoms with Crippen LogP contribution in [0.4, 0.5) is 10.3 Å². The molecule has 8 heteroatoms. The van der Waals surface area contributed by atoms with Crippen molar-refractivity contribution in [3.05, 3.63) is 111 Å². The number of methoxy groups -OCH3 is 1. The van der Waals surface area contributed by atoms with E-state index in [1.165, 1.54) is 18.3 Å². The summed E-state index contributed by atoms with van der Waals surface area (Å²) >= 11 is 0. The zero-order chi connectivity index (χ0) is 24.6. The van der Waals surface area contributed by atoms with Gasteiger partial charge in [-0.05, 0) is 42.5 Å². The maximum absolute atomic E-state index is 13.9. The molecule has 0 amide bonds. The number of halogens is 1. The maximum Gasteiger partial charge on any atom is 0.270 e. The van der Waals surface area contributed by atoms with Crippen molar-refractivity contribution in [2.24, 2.45) is 5.10 Å². The first kappa shape index (κ1) is 23.0. The van der Waals surface area contributed by atoms with E-state index in [4.69, 9.17) is 4.74 Å². The van der Waals surface area contributed by atoms with Gasteiger partial charge in [0.25, 0.3) is 5.56 Å². The largest absolute Gasteiger partial charge is 0.497 e. The second-order valence-electron chi connectivity index (χ2n) is 7.20. The average molecular weight is 463 g/mol. The van der Waals surface area contributed by atoms with Gasteiger partial charge in [-0.25, -0.2) is 14.8 Å². The lowest BCUT2D eigenvalue weighted by atomic mass is 10.1. The van der Waals surface area contributed by atoms with Gasteiger partial charge in [-0.2, -0.15) is 10.4 Å². The second-order valence-corrected chi connectivity index (χ2v) is 7.20. The number of hydrazone groups is 1. The van der Waals surface area contributed by atoms with Crippen molar-refractivity contribution < 1.29 is 9.13 Å². The zero-order valence-corrected chi connectivity index (χ0v) is 18.5. The van der Waals surface area contributed by atoms with Crippen LogP contribution in [0, 0.1) is 29.0 Å². The van der Waals surface area contributed by atoms with E-state index in [2.05, 4.69) is 32.3 Å². The Morgan fingerprint density at radius 1 is 1.09 bits per heavy atom. The van der Waals surface area contributed by atoms with E-state index >= 15 is 0 Å². The van der Waals surface area contributed by atoms with Crippen molar-refractivity contribution in [1.82, 2.24) is 9.97 Å². The smallest absolute Gasteiger partial charge is 0.270 e. The molecule has 170 valence electrons. The number of H-pyrrole nitrogens is 1. The molecular formula is C27H18FN5O2. The van der Waals surface area contributed by atoms with Crippen LogP contribution in [0.25, 0.3) is 11.3 Å². The lowest BCUT2D eigenvalue weighted by Gasteiger charge is -2.06. The number of hydrogen-bond acceptors (Lipinski definition) is 6. The third kappa shape index (κ3) is 5.59. The minimum atomic E-state index is -0.591. The third-order valence-electron chi connectivity index (χ3n) is 4.90. The van der Waals surface area contributed by atoms with E-state index in [1.807, 2.05) is 12.1 Å². The lowest BCUT2D eigenvalue weighted by Crippen LogP contribution is -2.16. The van der Waals surface area contributed by atoms with Gasteiger partial charge >= 0.3 is 0 Å². The van der Waals surface area contributed by atoms with Gasteiger partial charge in [-0.15, -0.1) is 0 Å².